The monoisotopic (exact) mass is 233 g/mol. The van der Waals surface area contributed by atoms with E-state index in [0.29, 0.717) is 0 Å². The van der Waals surface area contributed by atoms with Crippen molar-refractivity contribution in [3.63, 3.8) is 0 Å². The van der Waals surface area contributed by atoms with Crippen molar-refractivity contribution in [1.29, 1.82) is 0 Å². The summed E-state index contributed by atoms with van der Waals surface area (Å²) in [6, 6.07) is 6.65. The summed E-state index contributed by atoms with van der Waals surface area (Å²) in [6.45, 7) is 1.82. The molecule has 1 aliphatic carbocycles. The van der Waals surface area contributed by atoms with Crippen molar-refractivity contribution in [3.8, 4) is 0 Å². The van der Waals surface area contributed by atoms with E-state index in [4.69, 9.17) is 0 Å². The predicted octanol–water partition coefficient (Wildman–Crippen LogP) is 2.55. The van der Waals surface area contributed by atoms with Crippen LogP contribution in [0.4, 0.5) is 4.39 Å². The molecule has 17 heavy (non-hydrogen) atoms. The average molecular weight is 233 g/mol. The third kappa shape index (κ3) is 2.06. The molecule has 1 amide bonds. The number of hydrogen-bond acceptors (Lipinski definition) is 1. The minimum atomic E-state index is -0.207. The number of benzene rings is 1. The molecular formula is C14H16FNO. The van der Waals surface area contributed by atoms with Crippen molar-refractivity contribution in [2.24, 2.45) is 5.92 Å². The van der Waals surface area contributed by atoms with Crippen LogP contribution in [0.5, 0.6) is 0 Å². The summed E-state index contributed by atoms with van der Waals surface area (Å²) >= 11 is 0. The number of halogens is 1. The first kappa shape index (κ1) is 10.8. The Hall–Kier alpha value is -1.38. The Balaban J connectivity index is 1.67. The molecule has 1 heterocycles. The summed E-state index contributed by atoms with van der Waals surface area (Å²) in [6.07, 6.45) is 3.14. The topological polar surface area (TPSA) is 20.3 Å². The van der Waals surface area contributed by atoms with Crippen molar-refractivity contribution in [1.82, 2.24) is 4.90 Å². The quantitative estimate of drug-likeness (QED) is 0.768. The molecule has 0 radical (unpaired) electrons. The van der Waals surface area contributed by atoms with Gasteiger partial charge in [-0.05, 0) is 42.9 Å². The molecule has 2 nitrogen and oxygen atoms in total. The number of carbonyl (C=O) groups is 1. The van der Waals surface area contributed by atoms with Crippen LogP contribution in [0.15, 0.2) is 24.3 Å². The first-order chi connectivity index (χ1) is 8.25. The first-order valence-corrected chi connectivity index (χ1v) is 6.30. The van der Waals surface area contributed by atoms with Gasteiger partial charge in [-0.25, -0.2) is 4.39 Å². The van der Waals surface area contributed by atoms with Crippen LogP contribution in [-0.2, 0) is 4.79 Å². The number of carbonyl (C=O) groups excluding carboxylic acids is 1. The molecule has 0 aromatic heterocycles. The lowest BCUT2D eigenvalue weighted by Gasteiger charge is -2.14. The van der Waals surface area contributed by atoms with E-state index < -0.39 is 0 Å². The maximum absolute atomic E-state index is 13.1. The van der Waals surface area contributed by atoms with Crippen LogP contribution in [0.2, 0.25) is 0 Å². The van der Waals surface area contributed by atoms with Crippen LogP contribution in [-0.4, -0.2) is 23.9 Å². The second kappa shape index (κ2) is 4.13. The molecule has 0 N–H and O–H groups in total. The molecule has 1 aliphatic heterocycles. The molecule has 2 unspecified atom stereocenters. The fraction of sp³-hybridized carbons (Fsp3) is 0.500. The Morgan fingerprint density at radius 1 is 1.29 bits per heavy atom. The number of rotatable bonds is 2. The molecule has 2 aliphatic rings. The molecule has 1 aromatic rings. The number of likely N-dealkylation sites (tertiary alicyclic amines) is 1. The third-order valence-electron chi connectivity index (χ3n) is 3.80. The van der Waals surface area contributed by atoms with E-state index in [0.717, 1.165) is 37.9 Å². The van der Waals surface area contributed by atoms with E-state index in [9.17, 15) is 9.18 Å². The molecule has 0 spiro atoms. The highest BCUT2D eigenvalue weighted by atomic mass is 19.1. The normalized spacial score (nSPS) is 27.2. The van der Waals surface area contributed by atoms with Gasteiger partial charge in [0.05, 0.1) is 0 Å². The molecule has 3 heteroatoms. The molecule has 1 saturated carbocycles. The van der Waals surface area contributed by atoms with Crippen LogP contribution < -0.4 is 0 Å². The van der Waals surface area contributed by atoms with Gasteiger partial charge in [0, 0.05) is 19.0 Å². The lowest BCUT2D eigenvalue weighted by Crippen LogP contribution is -2.29. The zero-order chi connectivity index (χ0) is 11.8. The zero-order valence-electron chi connectivity index (χ0n) is 9.73. The molecule has 90 valence electrons. The van der Waals surface area contributed by atoms with Crippen molar-refractivity contribution in [3.05, 3.63) is 35.6 Å². The number of nitrogens with zero attached hydrogens (tertiary/aromatic N) is 1. The minimum absolute atomic E-state index is 0.106. The molecule has 1 saturated heterocycles. The van der Waals surface area contributed by atoms with E-state index in [-0.39, 0.29) is 23.6 Å². The number of amides is 1. The van der Waals surface area contributed by atoms with Crippen molar-refractivity contribution in [2.45, 2.75) is 25.2 Å². The summed E-state index contributed by atoms with van der Waals surface area (Å²) in [7, 11) is 0. The van der Waals surface area contributed by atoms with Crippen molar-refractivity contribution in [2.75, 3.05) is 13.1 Å². The maximum atomic E-state index is 13.1. The van der Waals surface area contributed by atoms with Crippen molar-refractivity contribution >= 4 is 5.91 Å². The largest absolute Gasteiger partial charge is 0.342 e. The van der Waals surface area contributed by atoms with Gasteiger partial charge in [0.1, 0.15) is 5.82 Å². The van der Waals surface area contributed by atoms with Gasteiger partial charge in [-0.1, -0.05) is 12.1 Å². The van der Waals surface area contributed by atoms with Crippen molar-refractivity contribution < 1.29 is 9.18 Å². The third-order valence-corrected chi connectivity index (χ3v) is 3.80. The Morgan fingerprint density at radius 3 is 2.76 bits per heavy atom. The summed E-state index contributed by atoms with van der Waals surface area (Å²) < 4.78 is 13.1. The van der Waals surface area contributed by atoms with Gasteiger partial charge < -0.3 is 4.90 Å². The first-order valence-electron chi connectivity index (χ1n) is 6.30. The molecular weight excluding hydrogens is 217 g/mol. The number of hydrogen-bond donors (Lipinski definition) is 0. The fourth-order valence-electron chi connectivity index (χ4n) is 2.75. The zero-order valence-corrected chi connectivity index (χ0v) is 9.73. The Morgan fingerprint density at radius 2 is 2.06 bits per heavy atom. The average Bonchev–Trinajstić information content (AvgIpc) is 2.94. The van der Waals surface area contributed by atoms with Crippen LogP contribution in [0.25, 0.3) is 0 Å². The predicted molar refractivity (Wildman–Crippen MR) is 63.1 cm³/mol. The van der Waals surface area contributed by atoms with Gasteiger partial charge in [-0.2, -0.15) is 0 Å². The second-order valence-corrected chi connectivity index (χ2v) is 5.04. The summed E-state index contributed by atoms with van der Waals surface area (Å²) in [5.41, 5.74) is 0.975. The minimum Gasteiger partial charge on any atom is -0.342 e. The molecule has 3 rings (SSSR count). The van der Waals surface area contributed by atoms with E-state index in [1.807, 2.05) is 11.0 Å². The SMILES string of the molecule is O=C(C1CC1c1cccc(F)c1)N1CCCC1. The van der Waals surface area contributed by atoms with Gasteiger partial charge in [-0.15, -0.1) is 0 Å². The summed E-state index contributed by atoms with van der Waals surface area (Å²) in [5, 5.41) is 0. The lowest BCUT2D eigenvalue weighted by molar-refractivity contribution is -0.131. The standard InChI is InChI=1S/C14H16FNO/c15-11-5-3-4-10(8-11)12-9-13(12)14(17)16-6-1-2-7-16/h3-5,8,12-13H,1-2,6-7,9H2. The molecule has 2 atom stereocenters. The van der Waals surface area contributed by atoms with Gasteiger partial charge in [0.2, 0.25) is 5.91 Å². The van der Waals surface area contributed by atoms with E-state index in [1.165, 1.54) is 6.07 Å². The highest BCUT2D eigenvalue weighted by Gasteiger charge is 2.46. The van der Waals surface area contributed by atoms with Crippen LogP contribution in [0.1, 0.15) is 30.7 Å². The fourth-order valence-corrected chi connectivity index (χ4v) is 2.75. The summed E-state index contributed by atoms with van der Waals surface area (Å²) in [5.74, 6) is 0.423. The van der Waals surface area contributed by atoms with Gasteiger partial charge >= 0.3 is 0 Å². The Bertz CT molecular complexity index is 440. The van der Waals surface area contributed by atoms with E-state index in [2.05, 4.69) is 0 Å². The molecule has 1 aromatic carbocycles. The summed E-state index contributed by atoms with van der Waals surface area (Å²) in [4.78, 5) is 14.1. The van der Waals surface area contributed by atoms with Crippen LogP contribution in [0.3, 0.4) is 0 Å². The van der Waals surface area contributed by atoms with Crippen LogP contribution in [0, 0.1) is 11.7 Å². The van der Waals surface area contributed by atoms with Gasteiger partial charge in [-0.3, -0.25) is 4.79 Å². The smallest absolute Gasteiger partial charge is 0.226 e. The maximum Gasteiger partial charge on any atom is 0.226 e. The molecule has 2 fully saturated rings. The Kier molecular flexibility index (Phi) is 2.61. The highest BCUT2D eigenvalue weighted by molar-refractivity contribution is 5.83. The molecule has 0 bridgehead atoms. The van der Waals surface area contributed by atoms with Gasteiger partial charge in [0.25, 0.3) is 0 Å². The highest BCUT2D eigenvalue weighted by Crippen LogP contribution is 2.48. The van der Waals surface area contributed by atoms with E-state index >= 15 is 0 Å². The Labute approximate surface area is 100 Å². The lowest BCUT2D eigenvalue weighted by atomic mass is 10.1. The second-order valence-electron chi connectivity index (χ2n) is 5.04. The van der Waals surface area contributed by atoms with Crippen LogP contribution >= 0.6 is 0 Å². The van der Waals surface area contributed by atoms with E-state index in [1.54, 1.807) is 12.1 Å². The van der Waals surface area contributed by atoms with Gasteiger partial charge in [0.15, 0.2) is 0 Å².